The molecule has 1 N–H and O–H groups in total. The fourth-order valence-corrected chi connectivity index (χ4v) is 4.35. The average molecular weight is 488 g/mol. The number of ether oxygens (including phenoxy) is 2. The van der Waals surface area contributed by atoms with E-state index in [9.17, 15) is 14.4 Å². The summed E-state index contributed by atoms with van der Waals surface area (Å²) in [7, 11) is 1.22. The van der Waals surface area contributed by atoms with Gasteiger partial charge in [0, 0.05) is 6.42 Å². The summed E-state index contributed by atoms with van der Waals surface area (Å²) in [6, 6.07) is 28.2. The summed E-state index contributed by atoms with van der Waals surface area (Å²) >= 11 is 0. The summed E-state index contributed by atoms with van der Waals surface area (Å²) < 4.78 is 10.2. The summed E-state index contributed by atoms with van der Waals surface area (Å²) in [5, 5.41) is 2.73. The number of carbonyl (C=O) groups excluding carboxylic acids is 3. The van der Waals surface area contributed by atoms with Crippen molar-refractivity contribution in [1.82, 2.24) is 5.32 Å². The van der Waals surface area contributed by atoms with Crippen molar-refractivity contribution < 1.29 is 23.9 Å². The Balaban J connectivity index is 2.01. The van der Waals surface area contributed by atoms with Crippen molar-refractivity contribution in [2.75, 3.05) is 7.11 Å². The van der Waals surface area contributed by atoms with Crippen LogP contribution in [0.5, 0.6) is 0 Å². The van der Waals surface area contributed by atoms with Gasteiger partial charge in [-0.15, -0.1) is 0 Å². The number of carbonyl (C=O) groups is 3. The van der Waals surface area contributed by atoms with E-state index in [0.717, 1.165) is 16.7 Å². The van der Waals surface area contributed by atoms with Crippen LogP contribution in [0.25, 0.3) is 0 Å². The minimum Gasteiger partial charge on any atom is -0.467 e. The molecule has 36 heavy (non-hydrogen) atoms. The predicted octanol–water partition coefficient (Wildman–Crippen LogP) is 4.80. The molecule has 0 heterocycles. The van der Waals surface area contributed by atoms with Gasteiger partial charge in [0.2, 0.25) is 5.91 Å². The van der Waals surface area contributed by atoms with E-state index >= 15 is 0 Å². The lowest BCUT2D eigenvalue weighted by molar-refractivity contribution is -0.159. The molecular formula is C30H33NO5. The van der Waals surface area contributed by atoms with Crippen molar-refractivity contribution in [2.24, 2.45) is 0 Å². The largest absolute Gasteiger partial charge is 0.467 e. The van der Waals surface area contributed by atoms with E-state index in [1.807, 2.05) is 91.0 Å². The van der Waals surface area contributed by atoms with Crippen LogP contribution in [0.4, 0.5) is 0 Å². The average Bonchev–Trinajstić information content (AvgIpc) is 2.87. The molecule has 0 unspecified atom stereocenters. The van der Waals surface area contributed by atoms with Crippen molar-refractivity contribution >= 4 is 17.8 Å². The number of hydrogen-bond acceptors (Lipinski definition) is 5. The molecule has 1 atom stereocenters. The summed E-state index contributed by atoms with van der Waals surface area (Å²) in [5.74, 6) is -1.71. The highest BCUT2D eigenvalue weighted by molar-refractivity contribution is 5.89. The molecule has 6 nitrogen and oxygen atoms in total. The van der Waals surface area contributed by atoms with Crippen LogP contribution in [0.1, 0.15) is 50.3 Å². The summed E-state index contributed by atoms with van der Waals surface area (Å²) in [5.41, 5.74) is 1.24. The second kappa shape index (κ2) is 11.7. The zero-order valence-electron chi connectivity index (χ0n) is 21.2. The van der Waals surface area contributed by atoms with Gasteiger partial charge in [0.25, 0.3) is 0 Å². The Kier molecular flexibility index (Phi) is 8.64. The molecule has 1 amide bonds. The van der Waals surface area contributed by atoms with Crippen molar-refractivity contribution in [1.29, 1.82) is 0 Å². The van der Waals surface area contributed by atoms with Crippen molar-refractivity contribution in [3.8, 4) is 0 Å². The molecule has 0 spiro atoms. The number of nitrogens with one attached hydrogen (secondary N) is 1. The van der Waals surface area contributed by atoms with Crippen LogP contribution in [0.3, 0.4) is 0 Å². The third-order valence-electron chi connectivity index (χ3n) is 5.84. The first-order valence-corrected chi connectivity index (χ1v) is 11.9. The molecular weight excluding hydrogens is 454 g/mol. The molecule has 0 saturated heterocycles. The Morgan fingerprint density at radius 2 is 1.17 bits per heavy atom. The van der Waals surface area contributed by atoms with Crippen molar-refractivity contribution in [3.05, 3.63) is 108 Å². The topological polar surface area (TPSA) is 81.7 Å². The van der Waals surface area contributed by atoms with E-state index in [0.29, 0.717) is 0 Å². The zero-order chi connectivity index (χ0) is 26.2. The van der Waals surface area contributed by atoms with Gasteiger partial charge in [0.05, 0.1) is 18.9 Å². The molecule has 0 aromatic heterocycles. The predicted molar refractivity (Wildman–Crippen MR) is 138 cm³/mol. The van der Waals surface area contributed by atoms with Gasteiger partial charge in [0.15, 0.2) is 0 Å². The van der Waals surface area contributed by atoms with Crippen LogP contribution in [-0.4, -0.2) is 36.6 Å². The first kappa shape index (κ1) is 26.7. The first-order chi connectivity index (χ1) is 17.2. The van der Waals surface area contributed by atoms with Gasteiger partial charge in [-0.25, -0.2) is 4.79 Å². The van der Waals surface area contributed by atoms with Crippen LogP contribution in [-0.2, 0) is 29.3 Å². The molecule has 188 valence electrons. The standard InChI is InChI=1S/C30H33NO5/c1-29(2,3)36-27(33)20-25(28(34)35-4)31-26(32)21-30(22-14-8-5-9-15-22,23-16-10-6-11-17-23)24-18-12-7-13-19-24/h5-19,25H,20-21H2,1-4H3,(H,31,32)/t25-/m1/s1. The molecule has 0 fully saturated rings. The third-order valence-corrected chi connectivity index (χ3v) is 5.84. The van der Waals surface area contributed by atoms with Crippen LogP contribution in [0, 0.1) is 0 Å². The van der Waals surface area contributed by atoms with Crippen molar-refractivity contribution in [3.63, 3.8) is 0 Å². The van der Waals surface area contributed by atoms with Gasteiger partial charge in [-0.2, -0.15) is 0 Å². The van der Waals surface area contributed by atoms with Crippen LogP contribution in [0.2, 0.25) is 0 Å². The van der Waals surface area contributed by atoms with Gasteiger partial charge < -0.3 is 14.8 Å². The first-order valence-electron chi connectivity index (χ1n) is 11.9. The highest BCUT2D eigenvalue weighted by atomic mass is 16.6. The number of hydrogen-bond donors (Lipinski definition) is 1. The highest BCUT2D eigenvalue weighted by Crippen LogP contribution is 2.42. The van der Waals surface area contributed by atoms with E-state index in [1.54, 1.807) is 20.8 Å². The van der Waals surface area contributed by atoms with E-state index in [4.69, 9.17) is 9.47 Å². The number of amides is 1. The van der Waals surface area contributed by atoms with E-state index < -0.39 is 34.9 Å². The van der Waals surface area contributed by atoms with E-state index in [1.165, 1.54) is 7.11 Å². The quantitative estimate of drug-likeness (QED) is 0.346. The maximum atomic E-state index is 13.6. The Morgan fingerprint density at radius 3 is 1.53 bits per heavy atom. The summed E-state index contributed by atoms with van der Waals surface area (Å²) in [4.78, 5) is 38.5. The van der Waals surface area contributed by atoms with Crippen LogP contribution in [0.15, 0.2) is 91.0 Å². The smallest absolute Gasteiger partial charge is 0.328 e. The maximum Gasteiger partial charge on any atom is 0.328 e. The molecule has 0 saturated carbocycles. The molecule has 0 aliphatic heterocycles. The molecule has 3 aromatic rings. The lowest BCUT2D eigenvalue weighted by atomic mass is 9.67. The van der Waals surface area contributed by atoms with Crippen LogP contribution >= 0.6 is 0 Å². The fourth-order valence-electron chi connectivity index (χ4n) is 4.35. The Hall–Kier alpha value is -3.93. The molecule has 0 radical (unpaired) electrons. The lowest BCUT2D eigenvalue weighted by Gasteiger charge is -2.36. The summed E-state index contributed by atoms with van der Waals surface area (Å²) in [6.07, 6.45) is -0.322. The zero-order valence-corrected chi connectivity index (χ0v) is 21.2. The van der Waals surface area contributed by atoms with Gasteiger partial charge in [-0.05, 0) is 37.5 Å². The van der Waals surface area contributed by atoms with Gasteiger partial charge in [0.1, 0.15) is 11.6 Å². The number of esters is 2. The van der Waals surface area contributed by atoms with E-state index in [2.05, 4.69) is 5.32 Å². The number of methoxy groups -OCH3 is 1. The monoisotopic (exact) mass is 487 g/mol. The molecule has 0 aliphatic carbocycles. The lowest BCUT2D eigenvalue weighted by Crippen LogP contribution is -2.46. The van der Waals surface area contributed by atoms with Gasteiger partial charge in [-0.1, -0.05) is 91.0 Å². The van der Waals surface area contributed by atoms with Crippen molar-refractivity contribution in [2.45, 2.75) is 50.7 Å². The second-order valence-corrected chi connectivity index (χ2v) is 9.61. The van der Waals surface area contributed by atoms with Crippen LogP contribution < -0.4 is 5.32 Å². The summed E-state index contributed by atoms with van der Waals surface area (Å²) in [6.45, 7) is 5.22. The second-order valence-electron chi connectivity index (χ2n) is 9.61. The number of benzene rings is 3. The van der Waals surface area contributed by atoms with Gasteiger partial charge in [-0.3, -0.25) is 9.59 Å². The fraction of sp³-hybridized carbons (Fsp3) is 0.300. The molecule has 6 heteroatoms. The normalized spacial score (nSPS) is 12.3. The molecule has 0 aliphatic rings. The molecule has 3 rings (SSSR count). The molecule has 3 aromatic carbocycles. The maximum absolute atomic E-state index is 13.6. The molecule has 0 bridgehead atoms. The minimum atomic E-state index is -1.17. The minimum absolute atomic E-state index is 0.00680. The third kappa shape index (κ3) is 6.60. The van der Waals surface area contributed by atoms with Gasteiger partial charge >= 0.3 is 11.9 Å². The van der Waals surface area contributed by atoms with E-state index in [-0.39, 0.29) is 12.8 Å². The Morgan fingerprint density at radius 1 is 0.750 bits per heavy atom. The SMILES string of the molecule is COC(=O)[C@@H](CC(=O)OC(C)(C)C)NC(=O)CC(c1ccccc1)(c1ccccc1)c1ccccc1. The highest BCUT2D eigenvalue weighted by Gasteiger charge is 2.39. The Labute approximate surface area is 212 Å². The Bertz CT molecular complexity index is 1060. The number of rotatable bonds is 9.